The first-order valence-electron chi connectivity index (χ1n) is 7.44. The van der Waals surface area contributed by atoms with Crippen molar-refractivity contribution in [2.24, 2.45) is 5.92 Å². The van der Waals surface area contributed by atoms with Gasteiger partial charge >= 0.3 is 0 Å². The molecule has 0 N–H and O–H groups in total. The van der Waals surface area contributed by atoms with Crippen molar-refractivity contribution in [3.63, 3.8) is 0 Å². The molecule has 21 heavy (non-hydrogen) atoms. The first kappa shape index (κ1) is 14.5. The summed E-state index contributed by atoms with van der Waals surface area (Å²) in [5.41, 5.74) is 0. The number of hydrogen-bond donors (Lipinski definition) is 0. The minimum absolute atomic E-state index is 0.795. The molecule has 1 saturated heterocycles. The van der Waals surface area contributed by atoms with Crippen molar-refractivity contribution < 1.29 is 9.47 Å². The van der Waals surface area contributed by atoms with Gasteiger partial charge in [0, 0.05) is 23.9 Å². The molecule has 1 fully saturated rings. The SMILES string of the molecule is c1ccc(Oc2ccc(SCC3CCOCC3)cc2)cc1. The van der Waals surface area contributed by atoms with Gasteiger partial charge in [0.2, 0.25) is 0 Å². The second-order valence-electron chi connectivity index (χ2n) is 5.25. The monoisotopic (exact) mass is 300 g/mol. The maximum absolute atomic E-state index is 5.80. The Hall–Kier alpha value is -1.45. The Bertz CT molecular complexity index is 533. The summed E-state index contributed by atoms with van der Waals surface area (Å²) in [6.45, 7) is 1.85. The number of ether oxygens (including phenoxy) is 2. The van der Waals surface area contributed by atoms with Crippen molar-refractivity contribution in [1.82, 2.24) is 0 Å². The van der Waals surface area contributed by atoms with Gasteiger partial charge in [-0.2, -0.15) is 0 Å². The van der Waals surface area contributed by atoms with Crippen LogP contribution in [-0.2, 0) is 4.74 Å². The van der Waals surface area contributed by atoms with E-state index in [2.05, 4.69) is 12.1 Å². The third kappa shape index (κ3) is 4.51. The zero-order chi connectivity index (χ0) is 14.3. The van der Waals surface area contributed by atoms with Gasteiger partial charge in [0.25, 0.3) is 0 Å². The van der Waals surface area contributed by atoms with Crippen LogP contribution >= 0.6 is 11.8 Å². The molecule has 0 aliphatic carbocycles. The molecule has 0 spiro atoms. The summed E-state index contributed by atoms with van der Waals surface area (Å²) in [5, 5.41) is 0. The third-order valence-corrected chi connectivity index (χ3v) is 4.87. The van der Waals surface area contributed by atoms with Crippen LogP contribution in [0.25, 0.3) is 0 Å². The minimum Gasteiger partial charge on any atom is -0.457 e. The molecule has 3 rings (SSSR count). The molecule has 0 radical (unpaired) electrons. The van der Waals surface area contributed by atoms with E-state index in [0.29, 0.717) is 0 Å². The second kappa shape index (κ2) is 7.53. The van der Waals surface area contributed by atoms with Gasteiger partial charge in [-0.25, -0.2) is 0 Å². The first-order valence-corrected chi connectivity index (χ1v) is 8.42. The number of para-hydroxylation sites is 1. The Kier molecular flexibility index (Phi) is 5.19. The lowest BCUT2D eigenvalue weighted by Crippen LogP contribution is -2.17. The fraction of sp³-hybridized carbons (Fsp3) is 0.333. The van der Waals surface area contributed by atoms with Crippen LogP contribution < -0.4 is 4.74 Å². The molecule has 0 unspecified atom stereocenters. The summed E-state index contributed by atoms with van der Waals surface area (Å²) in [6.07, 6.45) is 2.39. The van der Waals surface area contributed by atoms with Crippen LogP contribution in [0, 0.1) is 5.92 Å². The highest BCUT2D eigenvalue weighted by atomic mass is 32.2. The van der Waals surface area contributed by atoms with Crippen molar-refractivity contribution in [3.05, 3.63) is 54.6 Å². The lowest BCUT2D eigenvalue weighted by molar-refractivity contribution is 0.0728. The maximum atomic E-state index is 5.80. The smallest absolute Gasteiger partial charge is 0.127 e. The Morgan fingerprint density at radius 3 is 2.29 bits per heavy atom. The molecule has 0 saturated carbocycles. The summed E-state index contributed by atoms with van der Waals surface area (Å²) < 4.78 is 11.2. The van der Waals surface area contributed by atoms with Crippen LogP contribution in [0.1, 0.15) is 12.8 Å². The van der Waals surface area contributed by atoms with Crippen molar-refractivity contribution in [3.8, 4) is 11.5 Å². The van der Waals surface area contributed by atoms with Crippen molar-refractivity contribution in [1.29, 1.82) is 0 Å². The normalized spacial score (nSPS) is 15.8. The summed E-state index contributed by atoms with van der Waals surface area (Å²) in [5.74, 6) is 3.74. The van der Waals surface area contributed by atoms with Crippen molar-refractivity contribution >= 4 is 11.8 Å². The van der Waals surface area contributed by atoms with Gasteiger partial charge in [0.1, 0.15) is 11.5 Å². The minimum atomic E-state index is 0.795. The van der Waals surface area contributed by atoms with Crippen LogP contribution in [-0.4, -0.2) is 19.0 Å². The Balaban J connectivity index is 1.51. The van der Waals surface area contributed by atoms with Gasteiger partial charge in [-0.3, -0.25) is 0 Å². The molecule has 2 nitrogen and oxygen atoms in total. The molecule has 0 atom stereocenters. The molecular formula is C18H20O2S. The van der Waals surface area contributed by atoms with E-state index in [1.165, 1.54) is 23.5 Å². The summed E-state index contributed by atoms with van der Waals surface area (Å²) in [7, 11) is 0. The molecule has 1 heterocycles. The first-order chi connectivity index (χ1) is 10.4. The fourth-order valence-electron chi connectivity index (χ4n) is 2.36. The van der Waals surface area contributed by atoms with Crippen LogP contribution in [0.3, 0.4) is 0 Å². The van der Waals surface area contributed by atoms with Gasteiger partial charge in [0.15, 0.2) is 0 Å². The predicted molar refractivity (Wildman–Crippen MR) is 87.2 cm³/mol. The van der Waals surface area contributed by atoms with Crippen LogP contribution in [0.2, 0.25) is 0 Å². The van der Waals surface area contributed by atoms with Crippen LogP contribution in [0.5, 0.6) is 11.5 Å². The Morgan fingerprint density at radius 1 is 0.905 bits per heavy atom. The maximum Gasteiger partial charge on any atom is 0.127 e. The van der Waals surface area contributed by atoms with Gasteiger partial charge in [-0.15, -0.1) is 11.8 Å². The van der Waals surface area contributed by atoms with Gasteiger partial charge < -0.3 is 9.47 Å². The molecule has 0 bridgehead atoms. The predicted octanol–water partition coefficient (Wildman–Crippen LogP) is 5.00. The average molecular weight is 300 g/mol. The highest BCUT2D eigenvalue weighted by molar-refractivity contribution is 7.99. The molecule has 0 aromatic heterocycles. The van der Waals surface area contributed by atoms with E-state index in [9.17, 15) is 0 Å². The molecule has 1 aliphatic rings. The van der Waals surface area contributed by atoms with E-state index < -0.39 is 0 Å². The summed E-state index contributed by atoms with van der Waals surface area (Å²) in [6, 6.07) is 18.2. The lowest BCUT2D eigenvalue weighted by atomic mass is 10.0. The second-order valence-corrected chi connectivity index (χ2v) is 6.35. The third-order valence-electron chi connectivity index (χ3n) is 3.63. The van der Waals surface area contributed by atoms with Crippen LogP contribution in [0.15, 0.2) is 59.5 Å². The standard InChI is InChI=1S/C18H20O2S/c1-2-4-16(5-3-1)20-17-6-8-18(9-7-17)21-14-15-10-12-19-13-11-15/h1-9,15H,10-14H2. The average Bonchev–Trinajstić information content (AvgIpc) is 2.56. The highest BCUT2D eigenvalue weighted by Crippen LogP contribution is 2.28. The van der Waals surface area contributed by atoms with Gasteiger partial charge in [0.05, 0.1) is 0 Å². The number of hydrogen-bond acceptors (Lipinski definition) is 3. The lowest BCUT2D eigenvalue weighted by Gasteiger charge is -2.21. The molecule has 0 amide bonds. The highest BCUT2D eigenvalue weighted by Gasteiger charge is 2.13. The summed E-state index contributed by atoms with van der Waals surface area (Å²) >= 11 is 1.93. The van der Waals surface area contributed by atoms with Gasteiger partial charge in [-0.1, -0.05) is 18.2 Å². The fourth-order valence-corrected chi connectivity index (χ4v) is 3.45. The van der Waals surface area contributed by atoms with E-state index in [1.54, 1.807) is 0 Å². The van der Waals surface area contributed by atoms with E-state index >= 15 is 0 Å². The molecule has 3 heteroatoms. The topological polar surface area (TPSA) is 18.5 Å². The Morgan fingerprint density at radius 2 is 1.57 bits per heavy atom. The number of benzene rings is 2. The molecular weight excluding hydrogens is 280 g/mol. The number of thioether (sulfide) groups is 1. The van der Waals surface area contributed by atoms with Crippen molar-refractivity contribution in [2.75, 3.05) is 19.0 Å². The zero-order valence-electron chi connectivity index (χ0n) is 12.0. The van der Waals surface area contributed by atoms with Crippen molar-refractivity contribution in [2.45, 2.75) is 17.7 Å². The molecule has 2 aromatic rings. The van der Waals surface area contributed by atoms with Crippen LogP contribution in [0.4, 0.5) is 0 Å². The largest absolute Gasteiger partial charge is 0.457 e. The van der Waals surface area contributed by atoms with E-state index in [0.717, 1.165) is 30.6 Å². The summed E-state index contributed by atoms with van der Waals surface area (Å²) in [4.78, 5) is 1.31. The van der Waals surface area contributed by atoms with E-state index in [4.69, 9.17) is 9.47 Å². The molecule has 110 valence electrons. The quantitative estimate of drug-likeness (QED) is 0.724. The Labute approximate surface area is 130 Å². The molecule has 1 aliphatic heterocycles. The zero-order valence-corrected chi connectivity index (χ0v) is 12.9. The van der Waals surface area contributed by atoms with E-state index in [-0.39, 0.29) is 0 Å². The molecule has 2 aromatic carbocycles. The number of rotatable bonds is 5. The van der Waals surface area contributed by atoms with Gasteiger partial charge in [-0.05, 0) is 55.2 Å². The van der Waals surface area contributed by atoms with E-state index in [1.807, 2.05) is 54.2 Å².